The largest absolute Gasteiger partial charge is 0.363 e. The molecule has 3 N–H and O–H groups in total. The van der Waals surface area contributed by atoms with E-state index in [0.29, 0.717) is 29.6 Å². The molecule has 0 radical (unpaired) electrons. The van der Waals surface area contributed by atoms with Crippen molar-refractivity contribution in [3.63, 3.8) is 0 Å². The van der Waals surface area contributed by atoms with Crippen molar-refractivity contribution >= 4 is 60.9 Å². The smallest absolute Gasteiger partial charge is 0.188 e. The summed E-state index contributed by atoms with van der Waals surface area (Å²) in [5.74, 6) is 1.97. The van der Waals surface area contributed by atoms with Gasteiger partial charge in [0.05, 0.1) is 27.3 Å². The van der Waals surface area contributed by atoms with Crippen molar-refractivity contribution in [2.75, 3.05) is 41.7 Å². The fourth-order valence-corrected chi connectivity index (χ4v) is 12.1. The van der Waals surface area contributed by atoms with Gasteiger partial charge in [-0.25, -0.2) is 14.4 Å². The fraction of sp³-hybridized carbons (Fsp3) is 0.317. The molecular formula is C60H66FN9S. The van der Waals surface area contributed by atoms with Crippen molar-refractivity contribution in [1.29, 1.82) is 0 Å². The molecule has 0 spiro atoms. The Morgan fingerprint density at radius 1 is 0.930 bits per heavy atom. The van der Waals surface area contributed by atoms with Gasteiger partial charge in [-0.3, -0.25) is 9.58 Å². The number of nitrogens with one attached hydrogen (secondary N) is 3. The number of nitrogens with zero attached hydrogens (tertiary/aromatic N) is 6. The fourth-order valence-electron chi connectivity index (χ4n) is 11.2. The summed E-state index contributed by atoms with van der Waals surface area (Å²) < 4.78 is 18.8. The molecule has 0 aliphatic carbocycles. The van der Waals surface area contributed by atoms with Crippen LogP contribution in [0.25, 0.3) is 44.0 Å². The van der Waals surface area contributed by atoms with Crippen molar-refractivity contribution in [3.8, 4) is 11.1 Å². The molecule has 7 aromatic rings. The second-order valence-corrected chi connectivity index (χ2v) is 21.2. The van der Waals surface area contributed by atoms with Gasteiger partial charge in [0.1, 0.15) is 11.3 Å². The number of aryl methyl sites for hydroxylation is 2. The van der Waals surface area contributed by atoms with Crippen LogP contribution in [0, 0.1) is 24.6 Å². The van der Waals surface area contributed by atoms with Gasteiger partial charge in [0, 0.05) is 71.9 Å². The number of halogens is 1. The number of thiazole rings is 1. The Labute approximate surface area is 422 Å². The van der Waals surface area contributed by atoms with Crippen molar-refractivity contribution in [2.24, 2.45) is 18.9 Å². The highest BCUT2D eigenvalue weighted by Gasteiger charge is 2.28. The van der Waals surface area contributed by atoms with Crippen LogP contribution < -0.4 is 20.9 Å². The normalized spacial score (nSPS) is 17.0. The molecular weight excluding hydrogens is 898 g/mol. The van der Waals surface area contributed by atoms with Gasteiger partial charge in [-0.15, -0.1) is 0 Å². The summed E-state index contributed by atoms with van der Waals surface area (Å²) in [6, 6.07) is 29.9. The molecule has 364 valence electrons. The first-order valence-electron chi connectivity index (χ1n) is 25.3. The van der Waals surface area contributed by atoms with Gasteiger partial charge >= 0.3 is 0 Å². The molecule has 4 aromatic carbocycles. The summed E-state index contributed by atoms with van der Waals surface area (Å²) in [7, 11) is 1.81. The predicted octanol–water partition coefficient (Wildman–Crippen LogP) is 13.8. The predicted molar refractivity (Wildman–Crippen MR) is 296 cm³/mol. The summed E-state index contributed by atoms with van der Waals surface area (Å²) in [4.78, 5) is 14.8. The van der Waals surface area contributed by atoms with E-state index in [9.17, 15) is 0 Å². The Morgan fingerprint density at radius 2 is 1.75 bits per heavy atom. The number of benzene rings is 4. The molecule has 0 bridgehead atoms. The Balaban J connectivity index is 0.698. The van der Waals surface area contributed by atoms with Crippen molar-refractivity contribution in [2.45, 2.75) is 77.7 Å². The van der Waals surface area contributed by atoms with Crippen LogP contribution in [0.4, 0.5) is 21.0 Å². The molecule has 3 aliphatic rings. The number of allylic oxidation sites excluding steroid dienone is 2. The van der Waals surface area contributed by atoms with Crippen molar-refractivity contribution in [3.05, 3.63) is 180 Å². The minimum Gasteiger partial charge on any atom is -0.363 e. The standard InChI is InChI=1S/C60H66FN9S/c1-9-52-49(24-26-56(65-52)70-32-29-45-13-12-14-47(51(45)36-70)41(6)64-60-66-53-15-10-11-16-55(53)71-60)46-22-20-44(34-38(46)3)33-37(2)17-19-43-27-30-69(31-28-43)35-40(5)63-54-25-23-50-58(67-68(8)59(50)57(54)61)48-21-18-39(4)62-42(48)7/h9-16,20,22-26,34,37,43,48,62-63H,1,4-7,17-19,21,27-33,35-36H2,2-3,8H3,(H,64,66). The van der Waals surface area contributed by atoms with E-state index in [1.54, 1.807) is 23.1 Å². The summed E-state index contributed by atoms with van der Waals surface area (Å²) >= 11 is 1.64. The monoisotopic (exact) mass is 964 g/mol. The average Bonchev–Trinajstić information content (AvgIpc) is 3.94. The average molecular weight is 964 g/mol. The molecule has 2 fully saturated rings. The number of para-hydroxylation sites is 1. The van der Waals surface area contributed by atoms with E-state index in [2.05, 4.69) is 127 Å². The molecule has 10 rings (SSSR count). The molecule has 3 aliphatic heterocycles. The number of rotatable bonds is 16. The number of fused-ring (bicyclic) bond motifs is 3. The van der Waals surface area contributed by atoms with Crippen molar-refractivity contribution in [1.82, 2.24) is 30.0 Å². The maximum atomic E-state index is 16.0. The number of piperidine rings is 2. The zero-order valence-corrected chi connectivity index (χ0v) is 42.4. The molecule has 2 saturated heterocycles. The summed E-state index contributed by atoms with van der Waals surface area (Å²) in [6.45, 7) is 30.2. The number of hydrogen-bond acceptors (Lipinski definition) is 9. The van der Waals surface area contributed by atoms with E-state index in [0.717, 1.165) is 124 Å². The summed E-state index contributed by atoms with van der Waals surface area (Å²) in [6.07, 6.45) is 10.4. The van der Waals surface area contributed by atoms with Crippen LogP contribution in [-0.2, 0) is 26.4 Å². The van der Waals surface area contributed by atoms with Gasteiger partial charge in [-0.1, -0.05) is 113 Å². The van der Waals surface area contributed by atoms with Gasteiger partial charge in [0.2, 0.25) is 0 Å². The van der Waals surface area contributed by atoms with Gasteiger partial charge in [-0.2, -0.15) is 5.10 Å². The van der Waals surface area contributed by atoms with Crippen LogP contribution in [0.3, 0.4) is 0 Å². The Hall–Kier alpha value is -6.82. The van der Waals surface area contributed by atoms with Crippen LogP contribution in [0.2, 0.25) is 0 Å². The SMILES string of the molecule is C=Cc1nc(N2CCc3cccc(C(=C)Nc4nc5ccccc5s4)c3C2)ccc1-c1ccc(CC(C)CCC2CCN(CC(=C)Nc3ccc4c(C5CCC(=C)NC5=C)nn(C)c4c3F)CC2)cc1C. The van der Waals surface area contributed by atoms with Crippen molar-refractivity contribution < 1.29 is 4.39 Å². The second kappa shape index (κ2) is 20.5. The van der Waals surface area contributed by atoms with Crippen LogP contribution in [0.5, 0.6) is 0 Å². The zero-order valence-electron chi connectivity index (χ0n) is 41.6. The number of anilines is 3. The third-order valence-corrected chi connectivity index (χ3v) is 16.0. The maximum Gasteiger partial charge on any atom is 0.188 e. The Morgan fingerprint density at radius 3 is 2.54 bits per heavy atom. The molecule has 11 heteroatoms. The minimum atomic E-state index is -0.305. The van der Waals surface area contributed by atoms with E-state index in [-0.39, 0.29) is 11.7 Å². The maximum absolute atomic E-state index is 16.0. The van der Waals surface area contributed by atoms with E-state index in [1.165, 1.54) is 53.5 Å². The quantitative estimate of drug-likeness (QED) is 0.0883. The summed E-state index contributed by atoms with van der Waals surface area (Å²) in [5, 5.41) is 16.5. The topological polar surface area (TPSA) is 86.2 Å². The number of hydrogen-bond donors (Lipinski definition) is 3. The first-order valence-corrected chi connectivity index (χ1v) is 26.1. The lowest BCUT2D eigenvalue weighted by Crippen LogP contribution is -2.36. The third kappa shape index (κ3) is 10.2. The minimum absolute atomic E-state index is 0.0150. The van der Waals surface area contributed by atoms with Crippen LogP contribution in [-0.4, -0.2) is 50.8 Å². The van der Waals surface area contributed by atoms with Gasteiger partial charge in [0.15, 0.2) is 10.9 Å². The van der Waals surface area contributed by atoms with E-state index in [4.69, 9.17) is 15.1 Å². The lowest BCUT2D eigenvalue weighted by Gasteiger charge is -2.33. The van der Waals surface area contributed by atoms with Gasteiger partial charge in [-0.05, 0) is 141 Å². The third-order valence-electron chi connectivity index (χ3n) is 15.0. The Kier molecular flexibility index (Phi) is 13.8. The molecule has 6 heterocycles. The van der Waals surface area contributed by atoms with E-state index < -0.39 is 0 Å². The lowest BCUT2D eigenvalue weighted by molar-refractivity contribution is 0.186. The molecule has 9 nitrogen and oxygen atoms in total. The highest BCUT2D eigenvalue weighted by molar-refractivity contribution is 7.22. The zero-order chi connectivity index (χ0) is 49.3. The van der Waals surface area contributed by atoms with Gasteiger partial charge < -0.3 is 20.9 Å². The molecule has 0 saturated carbocycles. The second-order valence-electron chi connectivity index (χ2n) is 20.2. The number of likely N-dealkylation sites (tertiary alicyclic amines) is 1. The molecule has 3 aromatic heterocycles. The number of pyridine rings is 1. The highest BCUT2D eigenvalue weighted by Crippen LogP contribution is 2.39. The lowest BCUT2D eigenvalue weighted by atomic mass is 9.86. The number of aromatic nitrogens is 4. The molecule has 2 atom stereocenters. The first-order chi connectivity index (χ1) is 34.4. The molecule has 0 amide bonds. The van der Waals surface area contributed by atoms with E-state index >= 15 is 4.39 Å². The molecule has 71 heavy (non-hydrogen) atoms. The van der Waals surface area contributed by atoms with Crippen LogP contribution in [0.15, 0.2) is 135 Å². The highest BCUT2D eigenvalue weighted by atomic mass is 32.1. The van der Waals surface area contributed by atoms with Gasteiger partial charge in [0.25, 0.3) is 0 Å². The molecule has 2 unspecified atom stereocenters. The summed E-state index contributed by atoms with van der Waals surface area (Å²) in [5.41, 5.74) is 15.8. The van der Waals surface area contributed by atoms with Crippen LogP contribution in [0.1, 0.15) is 90.6 Å². The van der Waals surface area contributed by atoms with E-state index in [1.807, 2.05) is 36.4 Å². The first kappa shape index (κ1) is 47.8. The Bertz CT molecular complexity index is 3170. The van der Waals surface area contributed by atoms with Crippen LogP contribution >= 0.6 is 11.3 Å².